The van der Waals surface area contributed by atoms with Gasteiger partial charge in [-0.25, -0.2) is 4.98 Å². The van der Waals surface area contributed by atoms with Crippen LogP contribution < -0.4 is 0 Å². The molecule has 0 saturated heterocycles. The molecule has 0 spiro atoms. The fraction of sp³-hybridized carbons (Fsp3) is 0.125. The van der Waals surface area contributed by atoms with Crippen LogP contribution in [0.15, 0.2) is 18.3 Å². The van der Waals surface area contributed by atoms with Crippen LogP contribution in [-0.4, -0.2) is 14.3 Å². The van der Waals surface area contributed by atoms with Crippen molar-refractivity contribution >= 4 is 23.1 Å². The monoisotopic (exact) mass is 211 g/mol. The van der Waals surface area contributed by atoms with E-state index in [1.165, 1.54) is 11.5 Å². The lowest BCUT2D eigenvalue weighted by Crippen LogP contribution is -1.81. The smallest absolute Gasteiger partial charge is 0.234 e. The minimum atomic E-state index is 0.292. The maximum atomic E-state index is 5.61. The Balaban J connectivity index is 2.41. The third-order valence-corrected chi connectivity index (χ3v) is 2.59. The van der Waals surface area contributed by atoms with Crippen LogP contribution >= 0.6 is 23.1 Å². The first kappa shape index (κ1) is 8.59. The summed E-state index contributed by atoms with van der Waals surface area (Å²) in [4.78, 5) is 8.20. The summed E-state index contributed by atoms with van der Waals surface area (Å²) in [5, 5.41) is 1.10. The van der Waals surface area contributed by atoms with Crippen molar-refractivity contribution in [1.82, 2.24) is 14.3 Å². The summed E-state index contributed by atoms with van der Waals surface area (Å²) in [6.45, 7) is 1.94. The molecule has 2 heterocycles. The summed E-state index contributed by atoms with van der Waals surface area (Å²) in [5.74, 6) is 0. The fourth-order valence-electron chi connectivity index (χ4n) is 0.917. The van der Waals surface area contributed by atoms with Crippen LogP contribution in [0.2, 0.25) is 5.28 Å². The molecule has 0 aromatic carbocycles. The molecule has 0 saturated carbocycles. The van der Waals surface area contributed by atoms with E-state index in [9.17, 15) is 0 Å². The van der Waals surface area contributed by atoms with Gasteiger partial charge in [-0.15, -0.1) is 0 Å². The van der Waals surface area contributed by atoms with E-state index in [0.717, 1.165) is 16.3 Å². The summed E-state index contributed by atoms with van der Waals surface area (Å²) in [6, 6.07) is 3.89. The van der Waals surface area contributed by atoms with Crippen molar-refractivity contribution in [3.63, 3.8) is 0 Å². The minimum Gasteiger partial charge on any atom is -0.261 e. The zero-order valence-electron chi connectivity index (χ0n) is 6.86. The lowest BCUT2D eigenvalue weighted by molar-refractivity contribution is 1.20. The topological polar surface area (TPSA) is 38.7 Å². The molecule has 3 nitrogen and oxygen atoms in total. The Kier molecular flexibility index (Phi) is 2.24. The van der Waals surface area contributed by atoms with Gasteiger partial charge in [0.05, 0.1) is 0 Å². The van der Waals surface area contributed by atoms with Gasteiger partial charge in [-0.2, -0.15) is 4.37 Å². The van der Waals surface area contributed by atoms with Crippen LogP contribution in [0.5, 0.6) is 0 Å². The highest BCUT2D eigenvalue weighted by atomic mass is 35.5. The van der Waals surface area contributed by atoms with E-state index in [1.807, 2.05) is 19.1 Å². The van der Waals surface area contributed by atoms with Gasteiger partial charge in [0.1, 0.15) is 5.01 Å². The predicted octanol–water partition coefficient (Wildman–Crippen LogP) is 2.56. The van der Waals surface area contributed by atoms with Gasteiger partial charge in [0.15, 0.2) is 0 Å². The van der Waals surface area contributed by atoms with Crippen LogP contribution in [0.3, 0.4) is 0 Å². The highest BCUT2D eigenvalue weighted by Gasteiger charge is 2.03. The Hall–Kier alpha value is -1.00. The van der Waals surface area contributed by atoms with Crippen molar-refractivity contribution in [3.05, 3.63) is 29.3 Å². The third-order valence-electron chi connectivity index (χ3n) is 1.56. The summed E-state index contributed by atoms with van der Waals surface area (Å²) in [5.41, 5.74) is 1.94. The van der Waals surface area contributed by atoms with Gasteiger partial charge in [-0.3, -0.25) is 4.98 Å². The molecule has 0 N–H and O–H groups in total. The highest BCUT2D eigenvalue weighted by molar-refractivity contribution is 7.09. The highest BCUT2D eigenvalue weighted by Crippen LogP contribution is 2.21. The van der Waals surface area contributed by atoms with E-state index in [-0.39, 0.29) is 0 Å². The SMILES string of the molecule is Cc1ccc(-c2nc(Cl)ns2)cn1. The number of nitrogens with zero attached hydrogens (tertiary/aromatic N) is 3. The van der Waals surface area contributed by atoms with Gasteiger partial charge in [0, 0.05) is 17.5 Å². The lowest BCUT2D eigenvalue weighted by Gasteiger charge is -1.94. The summed E-state index contributed by atoms with van der Waals surface area (Å²) in [7, 11) is 0. The number of aryl methyl sites for hydroxylation is 1. The molecule has 0 aliphatic carbocycles. The molecule has 0 bridgehead atoms. The van der Waals surface area contributed by atoms with E-state index in [1.54, 1.807) is 6.20 Å². The molecule has 2 rings (SSSR count). The quantitative estimate of drug-likeness (QED) is 0.728. The largest absolute Gasteiger partial charge is 0.261 e. The Bertz CT molecular complexity index is 410. The van der Waals surface area contributed by atoms with Crippen LogP contribution in [0.25, 0.3) is 10.6 Å². The van der Waals surface area contributed by atoms with Gasteiger partial charge >= 0.3 is 0 Å². The molecular formula is C8H6ClN3S. The number of halogens is 1. The molecule has 5 heteroatoms. The Morgan fingerprint density at radius 2 is 2.23 bits per heavy atom. The Morgan fingerprint density at radius 3 is 2.77 bits per heavy atom. The van der Waals surface area contributed by atoms with Crippen molar-refractivity contribution in [1.29, 1.82) is 0 Å². The normalized spacial score (nSPS) is 10.3. The van der Waals surface area contributed by atoms with Gasteiger partial charge in [0.25, 0.3) is 0 Å². The molecule has 13 heavy (non-hydrogen) atoms. The van der Waals surface area contributed by atoms with Gasteiger partial charge in [-0.05, 0) is 42.2 Å². The summed E-state index contributed by atoms with van der Waals surface area (Å²) in [6.07, 6.45) is 1.77. The van der Waals surface area contributed by atoms with E-state index in [0.29, 0.717) is 5.28 Å². The fourth-order valence-corrected chi connectivity index (χ4v) is 1.71. The van der Waals surface area contributed by atoms with E-state index in [2.05, 4.69) is 14.3 Å². The molecule has 0 aliphatic rings. The minimum absolute atomic E-state index is 0.292. The average molecular weight is 212 g/mol. The lowest BCUT2D eigenvalue weighted by atomic mass is 10.3. The first-order valence-electron chi connectivity index (χ1n) is 3.68. The molecule has 2 aromatic heterocycles. The number of hydrogen-bond acceptors (Lipinski definition) is 4. The number of rotatable bonds is 1. The van der Waals surface area contributed by atoms with Crippen molar-refractivity contribution in [2.24, 2.45) is 0 Å². The van der Waals surface area contributed by atoms with E-state index < -0.39 is 0 Å². The molecule has 0 aliphatic heterocycles. The molecule has 0 fully saturated rings. The first-order chi connectivity index (χ1) is 6.25. The maximum absolute atomic E-state index is 5.61. The van der Waals surface area contributed by atoms with Gasteiger partial charge in [0.2, 0.25) is 5.28 Å². The van der Waals surface area contributed by atoms with E-state index >= 15 is 0 Å². The molecule has 0 radical (unpaired) electrons. The molecular weight excluding hydrogens is 206 g/mol. The van der Waals surface area contributed by atoms with Crippen LogP contribution in [-0.2, 0) is 0 Å². The maximum Gasteiger partial charge on any atom is 0.234 e. The van der Waals surface area contributed by atoms with Gasteiger partial charge in [-0.1, -0.05) is 0 Å². The van der Waals surface area contributed by atoms with Crippen molar-refractivity contribution in [2.45, 2.75) is 6.92 Å². The second-order valence-corrected chi connectivity index (χ2v) is 3.65. The van der Waals surface area contributed by atoms with Crippen LogP contribution in [0, 0.1) is 6.92 Å². The molecule has 66 valence electrons. The van der Waals surface area contributed by atoms with Gasteiger partial charge < -0.3 is 0 Å². The van der Waals surface area contributed by atoms with Crippen LogP contribution in [0.4, 0.5) is 0 Å². The average Bonchev–Trinajstić information content (AvgIpc) is 2.53. The number of aromatic nitrogens is 3. The second kappa shape index (κ2) is 3.40. The van der Waals surface area contributed by atoms with Crippen LogP contribution in [0.1, 0.15) is 5.69 Å². The Labute approximate surface area is 84.6 Å². The Morgan fingerprint density at radius 1 is 1.38 bits per heavy atom. The zero-order valence-corrected chi connectivity index (χ0v) is 8.43. The molecule has 0 unspecified atom stereocenters. The van der Waals surface area contributed by atoms with Crippen molar-refractivity contribution < 1.29 is 0 Å². The first-order valence-corrected chi connectivity index (χ1v) is 4.83. The second-order valence-electron chi connectivity index (χ2n) is 2.56. The zero-order chi connectivity index (χ0) is 9.26. The summed E-state index contributed by atoms with van der Waals surface area (Å²) < 4.78 is 3.88. The summed E-state index contributed by atoms with van der Waals surface area (Å²) >= 11 is 6.88. The standard InChI is InChI=1S/C8H6ClN3S/c1-5-2-3-6(4-10-5)7-11-8(9)12-13-7/h2-4H,1H3. The molecule has 0 atom stereocenters. The van der Waals surface area contributed by atoms with Crippen molar-refractivity contribution in [2.75, 3.05) is 0 Å². The van der Waals surface area contributed by atoms with Crippen molar-refractivity contribution in [3.8, 4) is 10.6 Å². The number of hydrogen-bond donors (Lipinski definition) is 0. The predicted molar refractivity (Wildman–Crippen MR) is 52.9 cm³/mol. The third kappa shape index (κ3) is 1.84. The van der Waals surface area contributed by atoms with E-state index in [4.69, 9.17) is 11.6 Å². The molecule has 2 aromatic rings. The molecule has 0 amide bonds. The number of pyridine rings is 1.